The van der Waals surface area contributed by atoms with Gasteiger partial charge in [-0.15, -0.1) is 0 Å². The molecule has 0 bridgehead atoms. The fourth-order valence-corrected chi connectivity index (χ4v) is 3.68. The summed E-state index contributed by atoms with van der Waals surface area (Å²) in [6, 6.07) is 8.85. The summed E-state index contributed by atoms with van der Waals surface area (Å²) in [4.78, 5) is 27.4. The number of hydrogen-bond acceptors (Lipinski definition) is 3. The number of carbonyl (C=O) groups excluding carboxylic acids is 1. The van der Waals surface area contributed by atoms with Gasteiger partial charge in [-0.05, 0) is 30.7 Å². The van der Waals surface area contributed by atoms with Crippen LogP contribution in [-0.2, 0) is 22.7 Å². The van der Waals surface area contributed by atoms with E-state index in [4.69, 9.17) is 10.8 Å². The molecule has 3 aliphatic rings. The third-order valence-electron chi connectivity index (χ3n) is 5.00. The zero-order chi connectivity index (χ0) is 19.0. The maximum absolute atomic E-state index is 12.3. The van der Waals surface area contributed by atoms with E-state index in [2.05, 4.69) is 26.5 Å². The largest absolute Gasteiger partial charge is 0.480 e. The van der Waals surface area contributed by atoms with Crippen molar-refractivity contribution in [3.05, 3.63) is 48.1 Å². The Morgan fingerprint density at radius 2 is 2.19 bits per heavy atom. The van der Waals surface area contributed by atoms with Crippen LogP contribution in [0.2, 0.25) is 0 Å². The first kappa shape index (κ1) is 17.4. The van der Waals surface area contributed by atoms with Crippen molar-refractivity contribution < 1.29 is 19.3 Å². The number of aliphatic carboxylic acids is 1. The second kappa shape index (κ2) is 6.92. The van der Waals surface area contributed by atoms with Gasteiger partial charge in [0.2, 0.25) is 11.4 Å². The minimum Gasteiger partial charge on any atom is -0.480 e. The lowest BCUT2D eigenvalue weighted by Crippen LogP contribution is -2.34. The van der Waals surface area contributed by atoms with Gasteiger partial charge in [-0.2, -0.15) is 4.57 Å². The lowest BCUT2D eigenvalue weighted by atomic mass is 10.0. The Bertz CT molecular complexity index is 1090. The summed E-state index contributed by atoms with van der Waals surface area (Å²) in [6.45, 7) is 1.84. The van der Waals surface area contributed by atoms with Gasteiger partial charge in [0.25, 0.3) is 0 Å². The lowest BCUT2D eigenvalue weighted by Gasteiger charge is -2.13. The van der Waals surface area contributed by atoms with Crippen LogP contribution in [0.15, 0.2) is 47.7 Å². The van der Waals surface area contributed by atoms with Gasteiger partial charge in [0, 0.05) is 37.2 Å². The molecule has 1 aromatic heterocycles. The summed E-state index contributed by atoms with van der Waals surface area (Å²) in [5.74, 6) is -1.47. The SMILES string of the molecule is N[C@@H](CCC(=O)N=c1cc2ccc[n+]3c2c2n(cccc1-2)CCC3)C(=O)O. The predicted molar refractivity (Wildman–Crippen MR) is 98.8 cm³/mol. The second-order valence-electron chi connectivity index (χ2n) is 6.84. The number of pyridine rings is 2. The molecule has 3 N–H and O–H groups in total. The normalized spacial score (nSPS) is 15.2. The van der Waals surface area contributed by atoms with Gasteiger partial charge in [-0.1, -0.05) is 0 Å². The van der Waals surface area contributed by atoms with Gasteiger partial charge in [0.05, 0.1) is 10.7 Å². The van der Waals surface area contributed by atoms with Crippen molar-refractivity contribution >= 4 is 22.8 Å². The highest BCUT2D eigenvalue weighted by Gasteiger charge is 2.24. The minimum atomic E-state index is -1.11. The maximum atomic E-state index is 12.3. The van der Waals surface area contributed by atoms with Crippen molar-refractivity contribution in [1.29, 1.82) is 0 Å². The number of carboxylic acids is 1. The van der Waals surface area contributed by atoms with Crippen molar-refractivity contribution in [2.45, 2.75) is 38.4 Å². The van der Waals surface area contributed by atoms with Gasteiger partial charge in [0.15, 0.2) is 12.7 Å². The number of carboxylic acid groups (broad SMARTS) is 1. The minimum absolute atomic E-state index is 0.00855. The average Bonchev–Trinajstić information content (AvgIpc) is 2.85. The summed E-state index contributed by atoms with van der Waals surface area (Å²) < 4.78 is 4.46. The summed E-state index contributed by atoms with van der Waals surface area (Å²) >= 11 is 0. The first-order valence-electron chi connectivity index (χ1n) is 9.05. The zero-order valence-corrected chi connectivity index (χ0v) is 14.8. The van der Waals surface area contributed by atoms with E-state index in [0.717, 1.165) is 41.7 Å². The Hall–Kier alpha value is -3.06. The molecule has 1 aromatic rings. The Balaban J connectivity index is 1.84. The highest BCUT2D eigenvalue weighted by molar-refractivity contribution is 5.91. The van der Waals surface area contributed by atoms with Gasteiger partial charge >= 0.3 is 5.97 Å². The number of amides is 1. The van der Waals surface area contributed by atoms with Gasteiger partial charge in [-0.3, -0.25) is 9.59 Å². The van der Waals surface area contributed by atoms with E-state index in [9.17, 15) is 9.59 Å². The van der Waals surface area contributed by atoms with Crippen molar-refractivity contribution in [1.82, 2.24) is 4.57 Å². The Morgan fingerprint density at radius 1 is 1.33 bits per heavy atom. The average molecular weight is 365 g/mol. The fraction of sp³-hybridized carbons (Fsp3) is 0.300. The highest BCUT2D eigenvalue weighted by Crippen LogP contribution is 2.27. The molecule has 4 rings (SSSR count). The van der Waals surface area contributed by atoms with E-state index < -0.39 is 12.0 Å². The fourth-order valence-electron chi connectivity index (χ4n) is 3.68. The van der Waals surface area contributed by atoms with Crippen LogP contribution < -0.4 is 15.7 Å². The number of nitrogens with two attached hydrogens (primary N) is 1. The van der Waals surface area contributed by atoms with Crippen LogP contribution in [0.3, 0.4) is 0 Å². The molecule has 3 heterocycles. The summed E-state index contributed by atoms with van der Waals surface area (Å²) in [7, 11) is 0. The number of hydrogen-bond donors (Lipinski definition) is 2. The van der Waals surface area contributed by atoms with Crippen LogP contribution >= 0.6 is 0 Å². The molecular formula is C20H21N4O3+. The smallest absolute Gasteiger partial charge is 0.320 e. The molecule has 0 fully saturated rings. The Morgan fingerprint density at radius 3 is 3.00 bits per heavy atom. The van der Waals surface area contributed by atoms with Gasteiger partial charge in [-0.25, -0.2) is 4.99 Å². The number of aromatic nitrogens is 2. The number of rotatable bonds is 4. The third-order valence-corrected chi connectivity index (χ3v) is 5.00. The van der Waals surface area contributed by atoms with Gasteiger partial charge < -0.3 is 15.4 Å². The third kappa shape index (κ3) is 3.21. The number of aryl methyl sites for hydroxylation is 2. The maximum Gasteiger partial charge on any atom is 0.320 e. The van der Waals surface area contributed by atoms with E-state index in [-0.39, 0.29) is 18.7 Å². The van der Waals surface area contributed by atoms with Crippen LogP contribution in [0.25, 0.3) is 22.2 Å². The van der Waals surface area contributed by atoms with Crippen LogP contribution in [0.1, 0.15) is 19.3 Å². The summed E-state index contributed by atoms with van der Waals surface area (Å²) in [5.41, 5.74) is 8.62. The molecular weight excluding hydrogens is 344 g/mol. The number of carbonyl (C=O) groups is 2. The molecule has 1 amide bonds. The van der Waals surface area contributed by atoms with E-state index in [1.54, 1.807) is 0 Å². The molecule has 1 aliphatic carbocycles. The number of benzene rings is 1. The van der Waals surface area contributed by atoms with Crippen LogP contribution in [0, 0.1) is 0 Å². The first-order valence-corrected chi connectivity index (χ1v) is 9.05. The Kier molecular flexibility index (Phi) is 4.45. The number of nitrogens with zero attached hydrogens (tertiary/aromatic N) is 3. The molecule has 138 valence electrons. The molecule has 7 nitrogen and oxygen atoms in total. The van der Waals surface area contributed by atoms with Crippen LogP contribution in [0.5, 0.6) is 0 Å². The molecule has 0 radical (unpaired) electrons. The monoisotopic (exact) mass is 365 g/mol. The van der Waals surface area contributed by atoms with E-state index >= 15 is 0 Å². The Labute approximate surface area is 155 Å². The zero-order valence-electron chi connectivity index (χ0n) is 14.8. The predicted octanol–water partition coefficient (Wildman–Crippen LogP) is 1.06. The summed E-state index contributed by atoms with van der Waals surface area (Å²) in [5, 5.41) is 10.5. The van der Waals surface area contributed by atoms with Crippen LogP contribution in [-0.4, -0.2) is 27.6 Å². The van der Waals surface area contributed by atoms with E-state index in [0.29, 0.717) is 5.36 Å². The molecule has 0 saturated carbocycles. The quantitative estimate of drug-likeness (QED) is 0.533. The van der Waals surface area contributed by atoms with Gasteiger partial charge in [0.1, 0.15) is 11.7 Å². The first-order chi connectivity index (χ1) is 13.0. The van der Waals surface area contributed by atoms with E-state index in [1.165, 1.54) is 0 Å². The van der Waals surface area contributed by atoms with Crippen LogP contribution in [0.4, 0.5) is 0 Å². The van der Waals surface area contributed by atoms with E-state index in [1.807, 2.05) is 30.3 Å². The molecule has 0 aromatic carbocycles. The second-order valence-corrected chi connectivity index (χ2v) is 6.84. The molecule has 0 spiro atoms. The molecule has 0 saturated heterocycles. The van der Waals surface area contributed by atoms with Crippen molar-refractivity contribution in [2.24, 2.45) is 10.7 Å². The molecule has 2 aliphatic heterocycles. The standard InChI is InChI=1S/C20H20N4O3/c21-15(20(26)27)6-7-17(25)22-16-12-13-4-1-8-23-10-3-11-24-9-2-5-14(16)19(24)18(13)23/h1-2,4-5,8-9,12,15H,3,6-7,10-11,21H2/p+1/t15-/m0/s1. The van der Waals surface area contributed by atoms with Crippen molar-refractivity contribution in [3.8, 4) is 11.3 Å². The summed E-state index contributed by atoms with van der Waals surface area (Å²) in [6.07, 6.45) is 5.25. The lowest BCUT2D eigenvalue weighted by molar-refractivity contribution is -0.671. The molecule has 1 atom stereocenters. The highest BCUT2D eigenvalue weighted by atomic mass is 16.4. The molecule has 7 heteroatoms. The molecule has 0 unspecified atom stereocenters. The van der Waals surface area contributed by atoms with Crippen molar-refractivity contribution in [2.75, 3.05) is 0 Å². The van der Waals surface area contributed by atoms with Crippen molar-refractivity contribution in [3.63, 3.8) is 0 Å². The topological polar surface area (TPSA) is 102 Å². The molecule has 27 heavy (non-hydrogen) atoms.